The Bertz CT molecular complexity index is 900. The summed E-state index contributed by atoms with van der Waals surface area (Å²) in [7, 11) is 0. The molecule has 1 amide bonds. The first kappa shape index (κ1) is 19.1. The van der Waals surface area contributed by atoms with Crippen LogP contribution in [0.15, 0.2) is 78.9 Å². The molecule has 0 unspecified atom stereocenters. The second-order valence-electron chi connectivity index (χ2n) is 6.39. The lowest BCUT2D eigenvalue weighted by Gasteiger charge is -2.21. The fraction of sp³-hybridized carbons (Fsp3) is 0.136. The highest BCUT2D eigenvalue weighted by Gasteiger charge is 2.27. The quantitative estimate of drug-likeness (QED) is 0.647. The van der Waals surface area contributed by atoms with Crippen molar-refractivity contribution in [1.29, 1.82) is 0 Å². The van der Waals surface area contributed by atoms with Crippen molar-refractivity contribution in [3.63, 3.8) is 0 Å². The second kappa shape index (κ2) is 8.80. The van der Waals surface area contributed by atoms with Gasteiger partial charge in [-0.25, -0.2) is 4.39 Å². The van der Waals surface area contributed by atoms with Crippen LogP contribution in [0.4, 0.5) is 10.1 Å². The molecular weight excluding hydrogens is 363 g/mol. The van der Waals surface area contributed by atoms with Gasteiger partial charge in [-0.2, -0.15) is 0 Å². The fourth-order valence-electron chi connectivity index (χ4n) is 3.00. The second-order valence-corrected chi connectivity index (χ2v) is 6.79. The van der Waals surface area contributed by atoms with Gasteiger partial charge in [0.15, 0.2) is 6.04 Å². The molecule has 27 heavy (non-hydrogen) atoms. The van der Waals surface area contributed by atoms with E-state index in [2.05, 4.69) is 5.32 Å². The topological polar surface area (TPSA) is 45.7 Å². The van der Waals surface area contributed by atoms with Gasteiger partial charge in [0, 0.05) is 21.8 Å². The van der Waals surface area contributed by atoms with E-state index in [0.29, 0.717) is 10.7 Å². The minimum atomic E-state index is -0.470. The van der Waals surface area contributed by atoms with Crippen molar-refractivity contribution in [2.45, 2.75) is 19.0 Å². The lowest BCUT2D eigenvalue weighted by atomic mass is 10.0. The Morgan fingerprint density at radius 2 is 1.59 bits per heavy atom. The van der Waals surface area contributed by atoms with Crippen molar-refractivity contribution < 1.29 is 14.5 Å². The molecule has 0 aromatic heterocycles. The number of rotatable bonds is 6. The van der Waals surface area contributed by atoms with Crippen LogP contribution in [0.2, 0.25) is 5.02 Å². The Kier molecular flexibility index (Phi) is 6.22. The maximum atomic E-state index is 13.1. The normalized spacial score (nSPS) is 13.0. The summed E-state index contributed by atoms with van der Waals surface area (Å²) in [6, 6.07) is 22.4. The molecule has 0 aliphatic carbocycles. The van der Waals surface area contributed by atoms with Crippen molar-refractivity contribution in [2.75, 3.05) is 5.32 Å². The molecule has 0 aliphatic heterocycles. The first-order valence-electron chi connectivity index (χ1n) is 8.75. The van der Waals surface area contributed by atoms with Crippen molar-refractivity contribution in [2.24, 2.45) is 0 Å². The summed E-state index contributed by atoms with van der Waals surface area (Å²) in [5.74, 6) is -0.516. The van der Waals surface area contributed by atoms with Gasteiger partial charge in [-0.15, -0.1) is 0 Å². The molecule has 0 radical (unpaired) electrons. The minimum absolute atomic E-state index is 0.0251. The third-order valence-corrected chi connectivity index (χ3v) is 4.77. The predicted molar refractivity (Wildman–Crippen MR) is 106 cm³/mol. The van der Waals surface area contributed by atoms with Crippen LogP contribution in [0.5, 0.6) is 0 Å². The predicted octanol–water partition coefficient (Wildman–Crippen LogP) is 4.48. The van der Waals surface area contributed by atoms with E-state index in [1.807, 2.05) is 66.8 Å². The van der Waals surface area contributed by atoms with Gasteiger partial charge in [0.05, 0.1) is 0 Å². The van der Waals surface area contributed by atoms with E-state index in [0.717, 1.165) is 11.1 Å². The summed E-state index contributed by atoms with van der Waals surface area (Å²) < 4.78 is 13.1. The van der Waals surface area contributed by atoms with Gasteiger partial charge >= 0.3 is 0 Å². The van der Waals surface area contributed by atoms with E-state index < -0.39 is 6.04 Å². The Labute approximate surface area is 163 Å². The van der Waals surface area contributed by atoms with Crippen molar-refractivity contribution in [1.82, 2.24) is 0 Å². The number of nitrogens with one attached hydrogen (secondary N) is 1. The first-order chi connectivity index (χ1) is 13.0. The van der Waals surface area contributed by atoms with Crippen LogP contribution in [-0.4, -0.2) is 5.91 Å². The Balaban J connectivity index is 1.84. The molecule has 3 nitrogen and oxygen atoms in total. The molecule has 5 heteroatoms. The van der Waals surface area contributed by atoms with Crippen LogP contribution < -0.4 is 10.6 Å². The molecule has 0 saturated heterocycles. The van der Waals surface area contributed by atoms with Crippen LogP contribution in [0, 0.1) is 5.82 Å². The molecule has 0 fully saturated rings. The molecule has 0 saturated carbocycles. The molecule has 2 atom stereocenters. The fourth-order valence-corrected chi connectivity index (χ4v) is 3.31. The van der Waals surface area contributed by atoms with E-state index in [4.69, 9.17) is 11.6 Å². The molecular formula is C22H21ClFN2O+. The van der Waals surface area contributed by atoms with Gasteiger partial charge in [0.2, 0.25) is 0 Å². The van der Waals surface area contributed by atoms with E-state index in [1.54, 1.807) is 12.1 Å². The lowest BCUT2D eigenvalue weighted by molar-refractivity contribution is -0.718. The van der Waals surface area contributed by atoms with Crippen LogP contribution in [0.3, 0.4) is 0 Å². The summed E-state index contributed by atoms with van der Waals surface area (Å²) in [6.07, 6.45) is 0. The minimum Gasteiger partial charge on any atom is -0.326 e. The number of carbonyl (C=O) groups excluding carboxylic acids is 1. The number of hydrogen-bond acceptors (Lipinski definition) is 1. The van der Waals surface area contributed by atoms with Gasteiger partial charge < -0.3 is 10.6 Å². The third kappa shape index (κ3) is 4.94. The van der Waals surface area contributed by atoms with Crippen molar-refractivity contribution in [3.05, 3.63) is 101 Å². The van der Waals surface area contributed by atoms with Gasteiger partial charge in [-0.1, -0.05) is 60.1 Å². The molecule has 3 aromatic carbocycles. The summed E-state index contributed by atoms with van der Waals surface area (Å²) in [5, 5.41) is 5.52. The van der Waals surface area contributed by atoms with E-state index in [1.165, 1.54) is 12.1 Å². The number of anilines is 1. The van der Waals surface area contributed by atoms with E-state index in [-0.39, 0.29) is 17.8 Å². The largest absolute Gasteiger partial charge is 0.326 e. The van der Waals surface area contributed by atoms with Gasteiger partial charge in [-0.05, 0) is 37.3 Å². The number of hydrogen-bond donors (Lipinski definition) is 2. The molecule has 3 aromatic rings. The number of benzene rings is 3. The molecule has 3 N–H and O–H groups in total. The number of carbonyl (C=O) groups is 1. The smallest absolute Gasteiger partial charge is 0.287 e. The zero-order chi connectivity index (χ0) is 19.2. The molecule has 0 spiro atoms. The number of amides is 1. The van der Waals surface area contributed by atoms with Crippen molar-refractivity contribution >= 4 is 23.2 Å². The van der Waals surface area contributed by atoms with Gasteiger partial charge in [-0.3, -0.25) is 4.79 Å². The highest BCUT2D eigenvalue weighted by molar-refractivity contribution is 6.31. The maximum Gasteiger partial charge on any atom is 0.287 e. The standard InChI is InChI=1S/C22H20ClFN2O/c1-15(19-9-5-6-10-20(19)23)25-21(16-7-3-2-4-8-16)22(27)26-18-13-11-17(24)12-14-18/h2-15,21,25H,1H3,(H,26,27)/p+1/t15-,21+/m0/s1. The summed E-state index contributed by atoms with van der Waals surface area (Å²) >= 11 is 6.32. The van der Waals surface area contributed by atoms with Crippen LogP contribution in [-0.2, 0) is 4.79 Å². The van der Waals surface area contributed by atoms with Crippen LogP contribution in [0.25, 0.3) is 0 Å². The highest BCUT2D eigenvalue weighted by atomic mass is 35.5. The SMILES string of the molecule is C[C@H]([NH2+][C@@H](C(=O)Nc1ccc(F)cc1)c1ccccc1)c1ccccc1Cl. The molecule has 0 bridgehead atoms. The zero-order valence-corrected chi connectivity index (χ0v) is 15.7. The molecule has 3 rings (SSSR count). The monoisotopic (exact) mass is 383 g/mol. The highest BCUT2D eigenvalue weighted by Crippen LogP contribution is 2.21. The summed E-state index contributed by atoms with van der Waals surface area (Å²) in [5.41, 5.74) is 2.41. The van der Waals surface area contributed by atoms with Gasteiger partial charge in [0.25, 0.3) is 5.91 Å². The molecule has 0 heterocycles. The lowest BCUT2D eigenvalue weighted by Crippen LogP contribution is -2.87. The van der Waals surface area contributed by atoms with Crippen LogP contribution in [0.1, 0.15) is 30.1 Å². The summed E-state index contributed by atoms with van der Waals surface area (Å²) in [4.78, 5) is 13.0. The number of quaternary nitrogens is 1. The van der Waals surface area contributed by atoms with E-state index >= 15 is 0 Å². The molecule has 0 aliphatic rings. The van der Waals surface area contributed by atoms with E-state index in [9.17, 15) is 9.18 Å². The Hall–Kier alpha value is -2.69. The average molecular weight is 384 g/mol. The average Bonchev–Trinajstić information content (AvgIpc) is 2.68. The Morgan fingerprint density at radius 1 is 0.963 bits per heavy atom. The number of nitrogens with two attached hydrogens (primary N) is 1. The number of halogens is 2. The summed E-state index contributed by atoms with van der Waals surface area (Å²) in [6.45, 7) is 2.02. The Morgan fingerprint density at radius 3 is 2.26 bits per heavy atom. The van der Waals surface area contributed by atoms with Crippen molar-refractivity contribution in [3.8, 4) is 0 Å². The van der Waals surface area contributed by atoms with Crippen LogP contribution >= 0.6 is 11.6 Å². The maximum absolute atomic E-state index is 13.1. The first-order valence-corrected chi connectivity index (χ1v) is 9.13. The molecule has 138 valence electrons. The third-order valence-electron chi connectivity index (χ3n) is 4.43. The van der Waals surface area contributed by atoms with Gasteiger partial charge in [0.1, 0.15) is 11.9 Å². The zero-order valence-electron chi connectivity index (χ0n) is 14.9.